The predicted octanol–water partition coefficient (Wildman–Crippen LogP) is 3.95. The Kier molecular flexibility index (Phi) is 7.24. The monoisotopic (exact) mass is 525 g/mol. The summed E-state index contributed by atoms with van der Waals surface area (Å²) in [6, 6.07) is 9.76. The van der Waals surface area contributed by atoms with E-state index in [9.17, 15) is 18.4 Å². The van der Waals surface area contributed by atoms with Gasteiger partial charge in [0.2, 0.25) is 11.8 Å². The SMILES string of the molecule is Cc1ncnc(C)c1C(=O)N1CC2CN(CC[C@@H](c3ccccc3)C3(C(N)=O)CCC(F)(F)CC3)CC2C1. The fraction of sp³-hybridized carbons (Fsp3) is 0.586. The van der Waals surface area contributed by atoms with E-state index in [0.717, 1.165) is 25.2 Å². The van der Waals surface area contributed by atoms with Crippen molar-refractivity contribution in [2.75, 3.05) is 32.7 Å². The van der Waals surface area contributed by atoms with E-state index in [1.807, 2.05) is 49.1 Å². The van der Waals surface area contributed by atoms with Gasteiger partial charge in [-0.25, -0.2) is 18.7 Å². The van der Waals surface area contributed by atoms with Gasteiger partial charge in [0, 0.05) is 39.0 Å². The number of amides is 2. The topological polar surface area (TPSA) is 92.4 Å². The number of carbonyl (C=O) groups is 2. The molecule has 38 heavy (non-hydrogen) atoms. The van der Waals surface area contributed by atoms with Crippen molar-refractivity contribution >= 4 is 11.8 Å². The van der Waals surface area contributed by atoms with Crippen LogP contribution < -0.4 is 5.73 Å². The molecule has 5 rings (SSSR count). The molecular weight excluding hydrogens is 488 g/mol. The maximum Gasteiger partial charge on any atom is 0.257 e. The fourth-order valence-electron chi connectivity index (χ4n) is 7.09. The Bertz CT molecular complexity index is 1150. The first kappa shape index (κ1) is 26.7. The van der Waals surface area contributed by atoms with Crippen LogP contribution in [-0.4, -0.2) is 70.2 Å². The van der Waals surface area contributed by atoms with Gasteiger partial charge in [-0.1, -0.05) is 30.3 Å². The largest absolute Gasteiger partial charge is 0.369 e. The molecule has 204 valence electrons. The third kappa shape index (κ3) is 5.05. The number of fused-ring (bicyclic) bond motifs is 1. The first-order valence-corrected chi connectivity index (χ1v) is 13.6. The third-order valence-electron chi connectivity index (χ3n) is 9.26. The molecule has 2 aromatic rings. The lowest BCUT2D eigenvalue weighted by Crippen LogP contribution is -2.47. The Labute approximate surface area is 222 Å². The Balaban J connectivity index is 1.25. The van der Waals surface area contributed by atoms with E-state index in [4.69, 9.17) is 5.73 Å². The lowest BCUT2D eigenvalue weighted by atomic mass is 9.61. The molecule has 9 heteroatoms. The highest BCUT2D eigenvalue weighted by molar-refractivity contribution is 5.96. The van der Waals surface area contributed by atoms with Crippen molar-refractivity contribution in [1.82, 2.24) is 19.8 Å². The fourth-order valence-corrected chi connectivity index (χ4v) is 7.09. The first-order valence-electron chi connectivity index (χ1n) is 13.6. The lowest BCUT2D eigenvalue weighted by Gasteiger charge is -2.44. The van der Waals surface area contributed by atoms with Crippen molar-refractivity contribution in [3.63, 3.8) is 0 Å². The Hall–Kier alpha value is -2.94. The number of nitrogens with zero attached hydrogens (tertiary/aromatic N) is 4. The highest BCUT2D eigenvalue weighted by atomic mass is 19.3. The van der Waals surface area contributed by atoms with Gasteiger partial charge >= 0.3 is 0 Å². The minimum absolute atomic E-state index is 0.00296. The van der Waals surface area contributed by atoms with Crippen LogP contribution in [0.4, 0.5) is 8.78 Å². The van der Waals surface area contributed by atoms with Crippen LogP contribution in [0.5, 0.6) is 0 Å². The molecule has 1 aliphatic carbocycles. The standard InChI is InChI=1S/C29H37F2N5O2/c1-19-25(20(2)34-18-33-19)26(37)36-16-22-14-35(15-23(22)17-36)13-8-24(21-6-4-3-5-7-21)28(27(32)38)9-11-29(30,31)12-10-28/h3-7,18,22-24H,8-17H2,1-2H3,(H2,32,38)/t22?,23?,24-/m0/s1. The Morgan fingerprint density at radius 1 is 0.974 bits per heavy atom. The molecule has 2 aliphatic heterocycles. The van der Waals surface area contributed by atoms with Gasteiger partial charge in [0.25, 0.3) is 5.91 Å². The minimum atomic E-state index is -2.74. The summed E-state index contributed by atoms with van der Waals surface area (Å²) in [4.78, 5) is 38.8. The summed E-state index contributed by atoms with van der Waals surface area (Å²) in [6.07, 6.45) is 1.78. The summed E-state index contributed by atoms with van der Waals surface area (Å²) < 4.78 is 28.2. The van der Waals surface area contributed by atoms with Gasteiger partial charge < -0.3 is 15.5 Å². The number of hydrogen-bond acceptors (Lipinski definition) is 5. The molecule has 7 nitrogen and oxygen atoms in total. The van der Waals surface area contributed by atoms with Gasteiger partial charge in [0.1, 0.15) is 6.33 Å². The molecule has 2 amide bonds. The number of benzene rings is 1. The molecule has 1 aromatic carbocycles. The quantitative estimate of drug-likeness (QED) is 0.591. The molecule has 3 atom stereocenters. The summed E-state index contributed by atoms with van der Waals surface area (Å²) in [5.41, 5.74) is 8.00. The van der Waals surface area contributed by atoms with Crippen LogP contribution in [0.2, 0.25) is 0 Å². The first-order chi connectivity index (χ1) is 18.1. The number of primary amides is 1. The van der Waals surface area contributed by atoms with Crippen LogP contribution in [0.1, 0.15) is 65.3 Å². The van der Waals surface area contributed by atoms with E-state index < -0.39 is 17.2 Å². The van der Waals surface area contributed by atoms with E-state index in [1.54, 1.807) is 0 Å². The second kappa shape index (κ2) is 10.3. The molecule has 3 fully saturated rings. The lowest BCUT2D eigenvalue weighted by molar-refractivity contribution is -0.138. The Morgan fingerprint density at radius 2 is 1.55 bits per heavy atom. The molecule has 0 radical (unpaired) electrons. The van der Waals surface area contributed by atoms with Gasteiger partial charge in [-0.3, -0.25) is 9.59 Å². The summed E-state index contributed by atoms with van der Waals surface area (Å²) >= 11 is 0. The average molecular weight is 526 g/mol. The van der Waals surface area contributed by atoms with Crippen LogP contribution in [-0.2, 0) is 4.79 Å². The predicted molar refractivity (Wildman–Crippen MR) is 140 cm³/mol. The number of halogens is 2. The molecule has 1 aromatic heterocycles. The average Bonchev–Trinajstić information content (AvgIpc) is 3.44. The third-order valence-corrected chi connectivity index (χ3v) is 9.26. The van der Waals surface area contributed by atoms with Crippen LogP contribution in [0.3, 0.4) is 0 Å². The number of aryl methyl sites for hydroxylation is 2. The zero-order chi connectivity index (χ0) is 27.1. The number of aromatic nitrogens is 2. The Morgan fingerprint density at radius 3 is 2.11 bits per heavy atom. The maximum atomic E-state index is 14.1. The highest BCUT2D eigenvalue weighted by Crippen LogP contribution is 2.52. The molecule has 3 heterocycles. The highest BCUT2D eigenvalue weighted by Gasteiger charge is 2.52. The summed E-state index contributed by atoms with van der Waals surface area (Å²) in [5, 5.41) is 0. The number of likely N-dealkylation sites (tertiary alicyclic amines) is 2. The van der Waals surface area contributed by atoms with Crippen LogP contribution in [0.15, 0.2) is 36.7 Å². The van der Waals surface area contributed by atoms with E-state index in [0.29, 0.717) is 48.3 Å². The van der Waals surface area contributed by atoms with E-state index in [2.05, 4.69) is 14.9 Å². The molecule has 2 saturated heterocycles. The van der Waals surface area contributed by atoms with Crippen LogP contribution in [0, 0.1) is 31.1 Å². The number of alkyl halides is 2. The van der Waals surface area contributed by atoms with Crippen molar-refractivity contribution in [1.29, 1.82) is 0 Å². The number of carbonyl (C=O) groups excluding carboxylic acids is 2. The van der Waals surface area contributed by atoms with E-state index in [1.165, 1.54) is 6.33 Å². The van der Waals surface area contributed by atoms with Gasteiger partial charge in [-0.05, 0) is 63.0 Å². The number of hydrogen-bond donors (Lipinski definition) is 1. The zero-order valence-corrected chi connectivity index (χ0v) is 22.2. The summed E-state index contributed by atoms with van der Waals surface area (Å²) in [7, 11) is 0. The molecule has 3 aliphatic rings. The van der Waals surface area contributed by atoms with Crippen LogP contribution >= 0.6 is 0 Å². The van der Waals surface area contributed by atoms with Crippen molar-refractivity contribution in [2.45, 2.75) is 57.8 Å². The second-order valence-corrected chi connectivity index (χ2v) is 11.5. The zero-order valence-electron chi connectivity index (χ0n) is 22.2. The van der Waals surface area contributed by atoms with Crippen molar-refractivity contribution in [3.8, 4) is 0 Å². The second-order valence-electron chi connectivity index (χ2n) is 11.5. The molecule has 0 spiro atoms. The molecule has 0 bridgehead atoms. The number of nitrogens with two attached hydrogens (primary N) is 1. The summed E-state index contributed by atoms with van der Waals surface area (Å²) in [5.74, 6) is -2.64. The van der Waals surface area contributed by atoms with Gasteiger partial charge in [-0.15, -0.1) is 0 Å². The van der Waals surface area contributed by atoms with Crippen molar-refractivity contribution < 1.29 is 18.4 Å². The molecular formula is C29H37F2N5O2. The van der Waals surface area contributed by atoms with Crippen molar-refractivity contribution in [2.24, 2.45) is 23.0 Å². The van der Waals surface area contributed by atoms with E-state index >= 15 is 0 Å². The molecule has 2 N–H and O–H groups in total. The van der Waals surface area contributed by atoms with Gasteiger partial charge in [0.05, 0.1) is 22.4 Å². The maximum absolute atomic E-state index is 14.1. The number of rotatable bonds is 7. The van der Waals surface area contributed by atoms with Crippen molar-refractivity contribution in [3.05, 3.63) is 59.2 Å². The normalized spacial score (nSPS) is 25.2. The smallest absolute Gasteiger partial charge is 0.257 e. The summed E-state index contributed by atoms with van der Waals surface area (Å²) in [6.45, 7) is 7.61. The minimum Gasteiger partial charge on any atom is -0.369 e. The molecule has 1 saturated carbocycles. The van der Waals surface area contributed by atoms with Gasteiger partial charge in [-0.2, -0.15) is 0 Å². The van der Waals surface area contributed by atoms with E-state index in [-0.39, 0.29) is 37.5 Å². The van der Waals surface area contributed by atoms with Crippen LogP contribution in [0.25, 0.3) is 0 Å². The molecule has 2 unspecified atom stereocenters. The van der Waals surface area contributed by atoms with Gasteiger partial charge in [0.15, 0.2) is 0 Å².